The molecule has 0 bridgehead atoms. The van der Waals surface area contributed by atoms with E-state index in [0.717, 1.165) is 32.5 Å². The number of para-hydroxylation sites is 2. The van der Waals surface area contributed by atoms with Gasteiger partial charge in [0.25, 0.3) is 0 Å². The zero-order chi connectivity index (χ0) is 17.2. The van der Waals surface area contributed by atoms with Crippen molar-refractivity contribution in [3.8, 4) is 0 Å². The van der Waals surface area contributed by atoms with Gasteiger partial charge >= 0.3 is 5.97 Å². The van der Waals surface area contributed by atoms with E-state index in [4.69, 9.17) is 5.11 Å². The average Bonchev–Trinajstić information content (AvgIpc) is 2.96. The Morgan fingerprint density at radius 3 is 2.58 bits per heavy atom. The standard InChI is InChI=1S/C21H24N2O2.ClH/c24-21(25)11-6-13-22-14-12-20-18(15-22)17-9-4-5-10-19(17)23(20)16-7-2-1-3-8-16;/h1-5,7-10,18,20H,6,11-15H2,(H,24,25);1H/t18-,20+;/m0./s1. The van der Waals surface area contributed by atoms with Gasteiger partial charge in [0.2, 0.25) is 0 Å². The van der Waals surface area contributed by atoms with Gasteiger partial charge in [-0.1, -0.05) is 36.4 Å². The number of piperidine rings is 1. The summed E-state index contributed by atoms with van der Waals surface area (Å²) in [7, 11) is 0. The smallest absolute Gasteiger partial charge is 0.303 e. The summed E-state index contributed by atoms with van der Waals surface area (Å²) >= 11 is 0. The average molecular weight is 373 g/mol. The number of halogens is 1. The maximum atomic E-state index is 10.8. The van der Waals surface area contributed by atoms with Gasteiger partial charge in [-0.3, -0.25) is 4.79 Å². The number of carboxylic acid groups (broad SMARTS) is 1. The second kappa shape index (κ2) is 8.11. The monoisotopic (exact) mass is 372 g/mol. The first kappa shape index (κ1) is 18.7. The summed E-state index contributed by atoms with van der Waals surface area (Å²) in [6.45, 7) is 2.94. The van der Waals surface area contributed by atoms with Gasteiger partial charge < -0.3 is 14.9 Å². The molecule has 2 aliphatic rings. The van der Waals surface area contributed by atoms with Gasteiger partial charge in [-0.2, -0.15) is 0 Å². The van der Waals surface area contributed by atoms with Crippen LogP contribution < -0.4 is 4.90 Å². The number of aliphatic carboxylic acids is 1. The molecular formula is C21H25ClN2O2. The van der Waals surface area contributed by atoms with Crippen LogP contribution in [0.3, 0.4) is 0 Å². The van der Waals surface area contributed by atoms with Gasteiger partial charge in [0.1, 0.15) is 0 Å². The Hall–Kier alpha value is -2.04. The van der Waals surface area contributed by atoms with Crippen molar-refractivity contribution in [2.45, 2.75) is 31.2 Å². The van der Waals surface area contributed by atoms with E-state index in [2.05, 4.69) is 64.4 Å². The van der Waals surface area contributed by atoms with Crippen LogP contribution in [0.1, 0.15) is 30.7 Å². The summed E-state index contributed by atoms with van der Waals surface area (Å²) in [6, 6.07) is 19.9. The number of hydrogen-bond donors (Lipinski definition) is 1. The number of carbonyl (C=O) groups is 1. The summed E-state index contributed by atoms with van der Waals surface area (Å²) in [5, 5.41) is 8.86. The summed E-state index contributed by atoms with van der Waals surface area (Å²) in [5.41, 5.74) is 4.03. The molecule has 0 spiro atoms. The maximum Gasteiger partial charge on any atom is 0.303 e. The van der Waals surface area contributed by atoms with Crippen LogP contribution in [-0.4, -0.2) is 41.7 Å². The number of rotatable bonds is 5. The van der Waals surface area contributed by atoms with Crippen LogP contribution in [0.15, 0.2) is 54.6 Å². The Kier molecular flexibility index (Phi) is 5.84. The lowest BCUT2D eigenvalue weighted by Gasteiger charge is -2.39. The molecule has 4 rings (SSSR count). The number of anilines is 2. The third kappa shape index (κ3) is 3.57. The number of hydrogen-bond acceptors (Lipinski definition) is 3. The minimum Gasteiger partial charge on any atom is -0.481 e. The van der Waals surface area contributed by atoms with Gasteiger partial charge in [0, 0.05) is 42.8 Å². The Morgan fingerprint density at radius 1 is 1.08 bits per heavy atom. The number of benzene rings is 2. The van der Waals surface area contributed by atoms with E-state index in [0.29, 0.717) is 12.0 Å². The molecule has 2 heterocycles. The molecular weight excluding hydrogens is 348 g/mol. The van der Waals surface area contributed by atoms with E-state index in [1.807, 2.05) is 0 Å². The van der Waals surface area contributed by atoms with Gasteiger partial charge in [-0.05, 0) is 43.1 Å². The lowest BCUT2D eigenvalue weighted by atomic mass is 9.89. The van der Waals surface area contributed by atoms with Crippen molar-refractivity contribution >= 4 is 29.8 Å². The Morgan fingerprint density at radius 2 is 1.81 bits per heavy atom. The van der Waals surface area contributed by atoms with E-state index < -0.39 is 5.97 Å². The van der Waals surface area contributed by atoms with E-state index >= 15 is 0 Å². The van der Waals surface area contributed by atoms with Crippen LogP contribution >= 0.6 is 12.4 Å². The first-order valence-electron chi connectivity index (χ1n) is 9.11. The van der Waals surface area contributed by atoms with E-state index in [9.17, 15) is 4.79 Å². The van der Waals surface area contributed by atoms with Crippen molar-refractivity contribution in [3.05, 3.63) is 60.2 Å². The quantitative estimate of drug-likeness (QED) is 0.850. The fourth-order valence-corrected chi connectivity index (χ4v) is 4.40. The minimum atomic E-state index is -0.698. The number of carboxylic acids is 1. The lowest BCUT2D eigenvalue weighted by molar-refractivity contribution is -0.137. The fourth-order valence-electron chi connectivity index (χ4n) is 4.40. The van der Waals surface area contributed by atoms with Gasteiger partial charge in [0.15, 0.2) is 0 Å². The summed E-state index contributed by atoms with van der Waals surface area (Å²) in [6.07, 6.45) is 2.11. The summed E-state index contributed by atoms with van der Waals surface area (Å²) in [4.78, 5) is 15.7. The van der Waals surface area contributed by atoms with Crippen molar-refractivity contribution in [2.75, 3.05) is 24.5 Å². The van der Waals surface area contributed by atoms with E-state index in [1.54, 1.807) is 0 Å². The highest BCUT2D eigenvalue weighted by Crippen LogP contribution is 2.48. The van der Waals surface area contributed by atoms with Crippen molar-refractivity contribution in [2.24, 2.45) is 0 Å². The molecule has 1 fully saturated rings. The Labute approximate surface area is 160 Å². The molecule has 1 N–H and O–H groups in total. The maximum absolute atomic E-state index is 10.8. The third-order valence-corrected chi connectivity index (χ3v) is 5.49. The van der Waals surface area contributed by atoms with Gasteiger partial charge in [-0.15, -0.1) is 12.4 Å². The van der Waals surface area contributed by atoms with Gasteiger partial charge in [-0.25, -0.2) is 0 Å². The van der Waals surface area contributed by atoms with Crippen LogP contribution in [0.5, 0.6) is 0 Å². The molecule has 0 amide bonds. The van der Waals surface area contributed by atoms with Crippen LogP contribution in [0.4, 0.5) is 11.4 Å². The first-order valence-corrected chi connectivity index (χ1v) is 9.11. The zero-order valence-electron chi connectivity index (χ0n) is 14.8. The molecule has 0 aliphatic carbocycles. The van der Waals surface area contributed by atoms with Crippen LogP contribution in [0.25, 0.3) is 0 Å². The molecule has 2 aliphatic heterocycles. The summed E-state index contributed by atoms with van der Waals surface area (Å²) < 4.78 is 0. The largest absolute Gasteiger partial charge is 0.481 e. The first-order chi connectivity index (χ1) is 12.2. The minimum absolute atomic E-state index is 0. The Bertz CT molecular complexity index is 753. The highest BCUT2D eigenvalue weighted by Gasteiger charge is 2.42. The van der Waals surface area contributed by atoms with Crippen LogP contribution in [-0.2, 0) is 4.79 Å². The van der Waals surface area contributed by atoms with Crippen molar-refractivity contribution in [1.82, 2.24) is 4.90 Å². The van der Waals surface area contributed by atoms with Gasteiger partial charge in [0.05, 0.1) is 0 Å². The number of likely N-dealkylation sites (tertiary alicyclic amines) is 1. The second-order valence-electron chi connectivity index (χ2n) is 7.02. The third-order valence-electron chi connectivity index (χ3n) is 5.49. The van der Waals surface area contributed by atoms with E-state index in [1.165, 1.54) is 16.9 Å². The molecule has 5 heteroatoms. The molecule has 1 saturated heterocycles. The SMILES string of the molecule is Cl.O=C(O)CCCN1CC[C@@H]2[C@@H](C1)c1ccccc1N2c1ccccc1. The predicted octanol–water partition coefficient (Wildman–Crippen LogP) is 4.28. The Balaban J connectivity index is 0.00000196. The number of fused-ring (bicyclic) bond motifs is 3. The second-order valence-corrected chi connectivity index (χ2v) is 7.02. The highest BCUT2D eigenvalue weighted by atomic mass is 35.5. The predicted molar refractivity (Wildman–Crippen MR) is 107 cm³/mol. The number of nitrogens with zero attached hydrogens (tertiary/aromatic N) is 2. The van der Waals surface area contributed by atoms with Crippen LogP contribution in [0.2, 0.25) is 0 Å². The molecule has 0 unspecified atom stereocenters. The molecule has 4 nitrogen and oxygen atoms in total. The molecule has 0 saturated carbocycles. The molecule has 2 atom stereocenters. The van der Waals surface area contributed by atoms with Crippen molar-refractivity contribution < 1.29 is 9.90 Å². The highest BCUT2D eigenvalue weighted by molar-refractivity contribution is 5.85. The molecule has 0 radical (unpaired) electrons. The fraction of sp³-hybridized carbons (Fsp3) is 0.381. The molecule has 26 heavy (non-hydrogen) atoms. The normalized spacial score (nSPS) is 21.6. The lowest BCUT2D eigenvalue weighted by Crippen LogP contribution is -2.45. The topological polar surface area (TPSA) is 43.8 Å². The van der Waals surface area contributed by atoms with Crippen LogP contribution in [0, 0.1) is 0 Å². The zero-order valence-corrected chi connectivity index (χ0v) is 15.6. The summed E-state index contributed by atoms with van der Waals surface area (Å²) in [5.74, 6) is -0.202. The molecule has 0 aromatic heterocycles. The molecule has 2 aromatic rings. The molecule has 138 valence electrons. The van der Waals surface area contributed by atoms with Crippen molar-refractivity contribution in [1.29, 1.82) is 0 Å². The molecule has 2 aromatic carbocycles. The van der Waals surface area contributed by atoms with E-state index in [-0.39, 0.29) is 18.8 Å². The van der Waals surface area contributed by atoms with Crippen molar-refractivity contribution in [3.63, 3.8) is 0 Å².